The predicted molar refractivity (Wildman–Crippen MR) is 66.9 cm³/mol. The van der Waals surface area contributed by atoms with Crippen LogP contribution in [0.15, 0.2) is 12.3 Å². The molecule has 1 aliphatic carbocycles. The van der Waals surface area contributed by atoms with Crippen LogP contribution in [0, 0.1) is 0 Å². The molecule has 5 nitrogen and oxygen atoms in total. The number of fused-ring (bicyclic) bond motifs is 1. The summed E-state index contributed by atoms with van der Waals surface area (Å²) in [5.74, 6) is 1.35. The number of ether oxygens (including phenoxy) is 1. The summed E-state index contributed by atoms with van der Waals surface area (Å²) in [6, 6.07) is 1.92. The summed E-state index contributed by atoms with van der Waals surface area (Å²) < 4.78 is 7.17. The highest BCUT2D eigenvalue weighted by atomic mass is 16.5. The second-order valence-corrected chi connectivity index (χ2v) is 4.96. The lowest BCUT2D eigenvalue weighted by Gasteiger charge is -2.06. The van der Waals surface area contributed by atoms with Crippen LogP contribution in [0.3, 0.4) is 0 Å². The average molecular weight is 247 g/mol. The van der Waals surface area contributed by atoms with Crippen molar-refractivity contribution in [1.82, 2.24) is 14.6 Å². The number of hydrogen-bond donors (Lipinski definition) is 1. The molecule has 1 N–H and O–H groups in total. The van der Waals surface area contributed by atoms with Gasteiger partial charge in [-0.15, -0.1) is 0 Å². The highest BCUT2D eigenvalue weighted by Gasteiger charge is 2.29. The predicted octanol–water partition coefficient (Wildman–Crippen LogP) is 1.54. The van der Waals surface area contributed by atoms with Crippen molar-refractivity contribution in [3.05, 3.63) is 23.7 Å². The molecule has 1 atom stereocenters. The van der Waals surface area contributed by atoms with Crippen molar-refractivity contribution >= 4 is 5.65 Å². The summed E-state index contributed by atoms with van der Waals surface area (Å²) in [6.07, 6.45) is 4.41. The number of imidazole rings is 1. The zero-order valence-corrected chi connectivity index (χ0v) is 10.6. The first-order valence-corrected chi connectivity index (χ1v) is 6.28. The minimum Gasteiger partial charge on any atom is -0.495 e. The van der Waals surface area contributed by atoms with E-state index >= 15 is 0 Å². The number of methoxy groups -OCH3 is 1. The third-order valence-electron chi connectivity index (χ3n) is 3.18. The van der Waals surface area contributed by atoms with Crippen molar-refractivity contribution in [2.45, 2.75) is 38.2 Å². The summed E-state index contributed by atoms with van der Waals surface area (Å²) in [5.41, 5.74) is 2.64. The maximum absolute atomic E-state index is 9.39. The van der Waals surface area contributed by atoms with E-state index in [2.05, 4.69) is 10.1 Å². The fourth-order valence-corrected chi connectivity index (χ4v) is 2.17. The van der Waals surface area contributed by atoms with Crippen LogP contribution < -0.4 is 4.74 Å². The first-order chi connectivity index (χ1) is 8.67. The van der Waals surface area contributed by atoms with Gasteiger partial charge in [-0.3, -0.25) is 0 Å². The molecule has 0 amide bonds. The molecule has 1 unspecified atom stereocenters. The lowest BCUT2D eigenvalue weighted by molar-refractivity contribution is 0.194. The molecule has 2 aromatic rings. The molecule has 0 spiro atoms. The molecule has 0 aliphatic heterocycles. The van der Waals surface area contributed by atoms with Crippen molar-refractivity contribution in [2.24, 2.45) is 0 Å². The lowest BCUT2D eigenvalue weighted by atomic mass is 10.2. The van der Waals surface area contributed by atoms with Gasteiger partial charge >= 0.3 is 0 Å². The van der Waals surface area contributed by atoms with Gasteiger partial charge in [-0.25, -0.2) is 9.50 Å². The van der Waals surface area contributed by atoms with Crippen molar-refractivity contribution in [3.8, 4) is 5.75 Å². The first kappa shape index (κ1) is 11.5. The minimum absolute atomic E-state index is 0.389. The summed E-state index contributed by atoms with van der Waals surface area (Å²) in [7, 11) is 1.67. The van der Waals surface area contributed by atoms with E-state index in [-0.39, 0.29) is 6.10 Å². The Morgan fingerprint density at radius 3 is 2.94 bits per heavy atom. The number of aromatic nitrogens is 3. The second kappa shape index (κ2) is 4.24. The van der Waals surface area contributed by atoms with Gasteiger partial charge in [0.05, 0.1) is 25.1 Å². The molecule has 3 rings (SSSR count). The molecule has 2 heterocycles. The number of nitrogens with zero attached hydrogens (tertiary/aromatic N) is 3. The van der Waals surface area contributed by atoms with Crippen LogP contribution in [0.1, 0.15) is 37.1 Å². The van der Waals surface area contributed by atoms with Crippen LogP contribution in [0.4, 0.5) is 0 Å². The van der Waals surface area contributed by atoms with Gasteiger partial charge < -0.3 is 9.84 Å². The third-order valence-corrected chi connectivity index (χ3v) is 3.18. The van der Waals surface area contributed by atoms with Crippen LogP contribution in [0.2, 0.25) is 0 Å². The van der Waals surface area contributed by atoms with E-state index in [4.69, 9.17) is 4.74 Å². The molecule has 5 heteroatoms. The monoisotopic (exact) mass is 247 g/mol. The van der Waals surface area contributed by atoms with Gasteiger partial charge in [0.15, 0.2) is 5.65 Å². The van der Waals surface area contributed by atoms with Crippen molar-refractivity contribution in [2.75, 3.05) is 7.11 Å². The number of rotatable bonds is 4. The quantitative estimate of drug-likeness (QED) is 0.890. The lowest BCUT2D eigenvalue weighted by Crippen LogP contribution is -2.04. The van der Waals surface area contributed by atoms with Gasteiger partial charge in [0.2, 0.25) is 0 Å². The van der Waals surface area contributed by atoms with E-state index in [0.29, 0.717) is 12.3 Å². The Morgan fingerprint density at radius 1 is 1.56 bits per heavy atom. The highest BCUT2D eigenvalue weighted by molar-refractivity contribution is 5.47. The van der Waals surface area contributed by atoms with Crippen molar-refractivity contribution in [3.63, 3.8) is 0 Å². The van der Waals surface area contributed by atoms with Gasteiger partial charge in [-0.2, -0.15) is 5.10 Å². The largest absolute Gasteiger partial charge is 0.495 e. The maximum Gasteiger partial charge on any atom is 0.157 e. The van der Waals surface area contributed by atoms with E-state index in [9.17, 15) is 5.11 Å². The highest BCUT2D eigenvalue weighted by Crippen LogP contribution is 2.43. The standard InChI is InChI=1S/C13H17N3O2/c1-8(17)5-10-7-16-12(14-10)6-11(18-2)13(15-16)9-3-4-9/h6-9,17H,3-5H2,1-2H3. The Hall–Kier alpha value is -1.62. The van der Waals surface area contributed by atoms with E-state index in [1.165, 1.54) is 12.8 Å². The van der Waals surface area contributed by atoms with E-state index in [1.54, 1.807) is 18.5 Å². The fourth-order valence-electron chi connectivity index (χ4n) is 2.17. The second-order valence-electron chi connectivity index (χ2n) is 4.96. The molecule has 1 fully saturated rings. The third kappa shape index (κ3) is 2.06. The van der Waals surface area contributed by atoms with E-state index in [0.717, 1.165) is 22.8 Å². The van der Waals surface area contributed by atoms with Crippen molar-refractivity contribution < 1.29 is 9.84 Å². The van der Waals surface area contributed by atoms with Crippen LogP contribution in [0.5, 0.6) is 5.75 Å². The number of hydrogen-bond acceptors (Lipinski definition) is 4. The zero-order valence-electron chi connectivity index (χ0n) is 10.6. The Balaban J connectivity index is 2.04. The summed E-state index contributed by atoms with van der Waals surface area (Å²) in [6.45, 7) is 1.76. The van der Waals surface area contributed by atoms with Gasteiger partial charge in [0.25, 0.3) is 0 Å². The summed E-state index contributed by atoms with van der Waals surface area (Å²) in [5, 5.41) is 14.0. The molecular formula is C13H17N3O2. The van der Waals surface area contributed by atoms with Gasteiger partial charge in [-0.1, -0.05) is 0 Å². The van der Waals surface area contributed by atoms with E-state index < -0.39 is 0 Å². The Bertz CT molecular complexity index is 573. The van der Waals surface area contributed by atoms with Crippen molar-refractivity contribution in [1.29, 1.82) is 0 Å². The number of aliphatic hydroxyl groups is 1. The fraction of sp³-hybridized carbons (Fsp3) is 0.538. The van der Waals surface area contributed by atoms with Gasteiger partial charge in [0, 0.05) is 18.4 Å². The number of aliphatic hydroxyl groups excluding tert-OH is 1. The molecule has 0 aromatic carbocycles. The molecule has 96 valence electrons. The summed E-state index contributed by atoms with van der Waals surface area (Å²) in [4.78, 5) is 4.44. The molecule has 0 bridgehead atoms. The smallest absolute Gasteiger partial charge is 0.157 e. The Morgan fingerprint density at radius 2 is 2.33 bits per heavy atom. The molecule has 0 saturated heterocycles. The van der Waals surface area contributed by atoms with Crippen LogP contribution in [-0.2, 0) is 6.42 Å². The van der Waals surface area contributed by atoms with Crippen LogP contribution >= 0.6 is 0 Å². The molecule has 0 radical (unpaired) electrons. The average Bonchev–Trinajstić information content (AvgIpc) is 3.08. The summed E-state index contributed by atoms with van der Waals surface area (Å²) >= 11 is 0. The Kier molecular flexibility index (Phi) is 2.70. The Labute approximate surface area is 105 Å². The molecule has 18 heavy (non-hydrogen) atoms. The maximum atomic E-state index is 9.39. The normalized spacial score (nSPS) is 17.1. The first-order valence-electron chi connectivity index (χ1n) is 6.28. The SMILES string of the molecule is COc1cc2nc(CC(C)O)cn2nc1C1CC1. The molecular weight excluding hydrogens is 230 g/mol. The van der Waals surface area contributed by atoms with E-state index in [1.807, 2.05) is 12.3 Å². The minimum atomic E-state index is -0.389. The molecule has 1 saturated carbocycles. The van der Waals surface area contributed by atoms with Crippen LogP contribution in [-0.4, -0.2) is 32.9 Å². The molecule has 2 aromatic heterocycles. The van der Waals surface area contributed by atoms with Crippen LogP contribution in [0.25, 0.3) is 5.65 Å². The molecule has 1 aliphatic rings. The topological polar surface area (TPSA) is 59.7 Å². The zero-order chi connectivity index (χ0) is 12.7. The van der Waals surface area contributed by atoms with Gasteiger partial charge in [0.1, 0.15) is 11.4 Å². The van der Waals surface area contributed by atoms with Gasteiger partial charge in [-0.05, 0) is 19.8 Å².